The van der Waals surface area contributed by atoms with Gasteiger partial charge in [0.25, 0.3) is 0 Å². The van der Waals surface area contributed by atoms with Gasteiger partial charge in [-0.25, -0.2) is 0 Å². The Balaban J connectivity index is 1.76. The highest BCUT2D eigenvalue weighted by Gasteiger charge is 2.53. The minimum Gasteiger partial charge on any atom is -0.459 e. The molecule has 3 aliphatic rings. The van der Waals surface area contributed by atoms with E-state index in [1.807, 2.05) is 6.92 Å². The zero-order chi connectivity index (χ0) is 14.2. The summed E-state index contributed by atoms with van der Waals surface area (Å²) in [5.74, 6) is 2.59. The molecule has 0 spiro atoms. The van der Waals surface area contributed by atoms with Crippen molar-refractivity contribution < 1.29 is 9.53 Å². The molecule has 2 heteroatoms. The summed E-state index contributed by atoms with van der Waals surface area (Å²) < 4.78 is 6.23. The molecule has 0 N–H and O–H groups in total. The van der Waals surface area contributed by atoms with Crippen LogP contribution >= 0.6 is 0 Å². The molecule has 3 saturated carbocycles. The smallest absolute Gasteiger partial charge is 0.309 e. The summed E-state index contributed by atoms with van der Waals surface area (Å²) >= 11 is 0. The largest absolute Gasteiger partial charge is 0.459 e. The summed E-state index contributed by atoms with van der Waals surface area (Å²) in [6.07, 6.45) is 12.5. The van der Waals surface area contributed by atoms with E-state index in [4.69, 9.17) is 4.74 Å². The van der Waals surface area contributed by atoms with Crippen LogP contribution in [0, 0.1) is 23.7 Å². The van der Waals surface area contributed by atoms with E-state index in [-0.39, 0.29) is 17.5 Å². The van der Waals surface area contributed by atoms with E-state index >= 15 is 0 Å². The lowest BCUT2D eigenvalue weighted by atomic mass is 9.69. The molecule has 2 nitrogen and oxygen atoms in total. The predicted octanol–water partition coefficient (Wildman–Crippen LogP) is 4.71. The zero-order valence-electron chi connectivity index (χ0n) is 13.2. The third kappa shape index (κ3) is 2.51. The Hall–Kier alpha value is -0.530. The highest BCUT2D eigenvalue weighted by atomic mass is 16.6. The van der Waals surface area contributed by atoms with Gasteiger partial charge in [0, 0.05) is 5.92 Å². The molecule has 114 valence electrons. The van der Waals surface area contributed by atoms with Gasteiger partial charge in [0.1, 0.15) is 5.60 Å². The number of ether oxygens (including phenoxy) is 1. The lowest BCUT2D eigenvalue weighted by Crippen LogP contribution is -2.47. The molecule has 2 bridgehead atoms. The molecule has 0 aliphatic heterocycles. The quantitative estimate of drug-likeness (QED) is 0.696. The predicted molar refractivity (Wildman–Crippen MR) is 80.3 cm³/mol. The molecule has 0 aromatic heterocycles. The molecule has 20 heavy (non-hydrogen) atoms. The topological polar surface area (TPSA) is 26.3 Å². The van der Waals surface area contributed by atoms with Gasteiger partial charge < -0.3 is 4.74 Å². The SMILES string of the molecule is CCC(C)C(=O)OC1(C2CC3CCC2C3)CCCCC1. The van der Waals surface area contributed by atoms with Crippen molar-refractivity contribution >= 4 is 5.97 Å². The molecule has 3 fully saturated rings. The van der Waals surface area contributed by atoms with Gasteiger partial charge >= 0.3 is 5.97 Å². The second kappa shape index (κ2) is 5.69. The average molecular weight is 278 g/mol. The van der Waals surface area contributed by atoms with E-state index in [9.17, 15) is 4.79 Å². The van der Waals surface area contributed by atoms with Crippen LogP contribution in [0.1, 0.15) is 78.1 Å². The molecule has 0 amide bonds. The van der Waals surface area contributed by atoms with Gasteiger partial charge in [-0.3, -0.25) is 4.79 Å². The van der Waals surface area contributed by atoms with Crippen LogP contribution in [0.4, 0.5) is 0 Å². The van der Waals surface area contributed by atoms with Crippen LogP contribution in [0.15, 0.2) is 0 Å². The van der Waals surface area contributed by atoms with Crippen LogP contribution in [-0.2, 0) is 9.53 Å². The van der Waals surface area contributed by atoms with Crippen molar-refractivity contribution in [1.29, 1.82) is 0 Å². The van der Waals surface area contributed by atoms with Crippen molar-refractivity contribution in [2.24, 2.45) is 23.7 Å². The second-order valence-corrected chi connectivity index (χ2v) is 7.64. The van der Waals surface area contributed by atoms with E-state index in [1.165, 1.54) is 44.9 Å². The van der Waals surface area contributed by atoms with Gasteiger partial charge in [-0.15, -0.1) is 0 Å². The van der Waals surface area contributed by atoms with Gasteiger partial charge in [0.15, 0.2) is 0 Å². The van der Waals surface area contributed by atoms with E-state index in [1.54, 1.807) is 0 Å². The lowest BCUT2D eigenvalue weighted by Gasteiger charge is -2.45. The highest BCUT2D eigenvalue weighted by molar-refractivity contribution is 5.72. The van der Waals surface area contributed by atoms with Crippen molar-refractivity contribution in [2.45, 2.75) is 83.7 Å². The van der Waals surface area contributed by atoms with Crippen molar-refractivity contribution in [3.8, 4) is 0 Å². The average Bonchev–Trinajstić information content (AvgIpc) is 3.10. The minimum absolute atomic E-state index is 0.0624. The summed E-state index contributed by atoms with van der Waals surface area (Å²) in [5, 5.41) is 0. The second-order valence-electron chi connectivity index (χ2n) is 7.64. The number of rotatable bonds is 4. The highest BCUT2D eigenvalue weighted by Crippen LogP contribution is 2.56. The maximum absolute atomic E-state index is 12.4. The monoisotopic (exact) mass is 278 g/mol. The van der Waals surface area contributed by atoms with E-state index in [0.29, 0.717) is 5.92 Å². The summed E-state index contributed by atoms with van der Waals surface area (Å²) in [5.41, 5.74) is -0.0847. The number of fused-ring (bicyclic) bond motifs is 2. The first-order valence-electron chi connectivity index (χ1n) is 8.87. The van der Waals surface area contributed by atoms with Crippen molar-refractivity contribution in [3.05, 3.63) is 0 Å². The Morgan fingerprint density at radius 1 is 1.20 bits per heavy atom. The molecule has 3 aliphatic carbocycles. The first kappa shape index (κ1) is 14.4. The summed E-state index contributed by atoms with van der Waals surface area (Å²) in [7, 11) is 0. The summed E-state index contributed by atoms with van der Waals surface area (Å²) in [6, 6.07) is 0. The molecular formula is C18H30O2. The van der Waals surface area contributed by atoms with E-state index in [2.05, 4.69) is 6.92 Å². The van der Waals surface area contributed by atoms with Crippen LogP contribution < -0.4 is 0 Å². The number of hydrogen-bond acceptors (Lipinski definition) is 2. The van der Waals surface area contributed by atoms with E-state index in [0.717, 1.165) is 31.1 Å². The van der Waals surface area contributed by atoms with E-state index < -0.39 is 0 Å². The fourth-order valence-corrected chi connectivity index (χ4v) is 5.06. The van der Waals surface area contributed by atoms with Crippen molar-refractivity contribution in [2.75, 3.05) is 0 Å². The number of esters is 1. The van der Waals surface area contributed by atoms with Crippen LogP contribution in [0.3, 0.4) is 0 Å². The first-order valence-corrected chi connectivity index (χ1v) is 8.87. The third-order valence-corrected chi connectivity index (χ3v) is 6.43. The minimum atomic E-state index is -0.0847. The van der Waals surface area contributed by atoms with Crippen LogP contribution in [-0.4, -0.2) is 11.6 Å². The van der Waals surface area contributed by atoms with Gasteiger partial charge in [0.2, 0.25) is 0 Å². The molecule has 3 rings (SSSR count). The van der Waals surface area contributed by atoms with Crippen molar-refractivity contribution in [3.63, 3.8) is 0 Å². The number of hydrogen-bond donors (Lipinski definition) is 0. The van der Waals surface area contributed by atoms with Crippen molar-refractivity contribution in [1.82, 2.24) is 0 Å². The molecular weight excluding hydrogens is 248 g/mol. The van der Waals surface area contributed by atoms with Gasteiger partial charge in [-0.2, -0.15) is 0 Å². The lowest BCUT2D eigenvalue weighted by molar-refractivity contribution is -0.179. The first-order chi connectivity index (χ1) is 9.64. The number of carbonyl (C=O) groups is 1. The molecule has 4 unspecified atom stereocenters. The molecule has 4 atom stereocenters. The molecule has 0 saturated heterocycles. The molecule has 0 aromatic carbocycles. The van der Waals surface area contributed by atoms with Crippen LogP contribution in [0.5, 0.6) is 0 Å². The zero-order valence-corrected chi connectivity index (χ0v) is 13.2. The van der Waals surface area contributed by atoms with Crippen LogP contribution in [0.2, 0.25) is 0 Å². The summed E-state index contributed by atoms with van der Waals surface area (Å²) in [6.45, 7) is 4.09. The van der Waals surface area contributed by atoms with Gasteiger partial charge in [0.05, 0.1) is 5.92 Å². The third-order valence-electron chi connectivity index (χ3n) is 6.43. The maximum Gasteiger partial charge on any atom is 0.309 e. The Morgan fingerprint density at radius 3 is 2.50 bits per heavy atom. The molecule has 0 radical (unpaired) electrons. The Morgan fingerprint density at radius 2 is 1.95 bits per heavy atom. The van der Waals surface area contributed by atoms with Crippen LogP contribution in [0.25, 0.3) is 0 Å². The maximum atomic E-state index is 12.4. The Labute approximate surface area is 123 Å². The standard InChI is InChI=1S/C18H30O2/c1-3-13(2)17(19)20-18(9-5-4-6-10-18)16-12-14-7-8-15(16)11-14/h13-16H,3-12H2,1-2H3. The normalized spacial score (nSPS) is 36.8. The fraction of sp³-hybridized carbons (Fsp3) is 0.944. The Kier molecular flexibility index (Phi) is 4.10. The number of carbonyl (C=O) groups excluding carboxylic acids is 1. The Bertz CT molecular complexity index is 356. The molecule has 0 aromatic rings. The van der Waals surface area contributed by atoms with Gasteiger partial charge in [-0.05, 0) is 63.2 Å². The fourth-order valence-electron chi connectivity index (χ4n) is 5.06. The van der Waals surface area contributed by atoms with Gasteiger partial charge in [-0.1, -0.05) is 26.7 Å². The summed E-state index contributed by atoms with van der Waals surface area (Å²) in [4.78, 5) is 12.4. The molecule has 0 heterocycles.